The Balaban J connectivity index is 1.79. The Labute approximate surface area is 171 Å². The smallest absolute Gasteiger partial charge is 0.374 e. The van der Waals surface area contributed by atoms with E-state index in [2.05, 4.69) is 20.8 Å². The number of hydrazine groups is 1. The molecule has 2 aromatic carbocycles. The number of amides is 1. The third kappa shape index (κ3) is 4.85. The fraction of sp³-hybridized carbons (Fsp3) is 0.150. The van der Waals surface area contributed by atoms with Crippen LogP contribution < -0.4 is 15.6 Å². The Morgan fingerprint density at radius 1 is 1.10 bits per heavy atom. The summed E-state index contributed by atoms with van der Waals surface area (Å²) in [6.45, 7) is 4.09. The fourth-order valence-corrected chi connectivity index (χ4v) is 2.52. The Morgan fingerprint density at radius 3 is 2.37 bits per heavy atom. The highest BCUT2D eigenvalue weighted by molar-refractivity contribution is 5.94. The molecule has 0 atom stereocenters. The van der Waals surface area contributed by atoms with Crippen molar-refractivity contribution in [3.63, 3.8) is 0 Å². The van der Waals surface area contributed by atoms with Gasteiger partial charge in [0.2, 0.25) is 5.82 Å². The Morgan fingerprint density at radius 2 is 1.77 bits per heavy atom. The maximum Gasteiger partial charge on any atom is 0.374 e. The predicted octanol–water partition coefficient (Wildman–Crippen LogP) is 4.20. The lowest BCUT2D eigenvalue weighted by molar-refractivity contribution is -0.385. The molecule has 2 N–H and O–H groups in total. The van der Waals surface area contributed by atoms with Crippen LogP contribution in [0.2, 0.25) is 0 Å². The molecule has 3 aromatic rings. The molecule has 10 heteroatoms. The van der Waals surface area contributed by atoms with E-state index in [4.69, 9.17) is 4.74 Å². The number of hydrogen-bond donors (Lipinski definition) is 2. The van der Waals surface area contributed by atoms with Gasteiger partial charge in [0.05, 0.1) is 4.92 Å². The van der Waals surface area contributed by atoms with Gasteiger partial charge >= 0.3 is 11.6 Å². The van der Waals surface area contributed by atoms with E-state index < -0.39 is 22.3 Å². The van der Waals surface area contributed by atoms with Crippen molar-refractivity contribution >= 4 is 17.4 Å². The summed E-state index contributed by atoms with van der Waals surface area (Å²) in [7, 11) is 0. The number of carbonyl (C=O) groups excluding carboxylic acids is 1. The van der Waals surface area contributed by atoms with Gasteiger partial charge in [0.15, 0.2) is 0 Å². The van der Waals surface area contributed by atoms with Crippen molar-refractivity contribution in [2.75, 3.05) is 5.43 Å². The van der Waals surface area contributed by atoms with Crippen LogP contribution in [0.15, 0.2) is 54.9 Å². The number of nitrogens with zero attached hydrogens (tertiary/aromatic N) is 3. The lowest BCUT2D eigenvalue weighted by atomic mass is 10.0. The van der Waals surface area contributed by atoms with Crippen molar-refractivity contribution in [2.45, 2.75) is 19.8 Å². The number of aromatic nitrogens is 2. The highest BCUT2D eigenvalue weighted by atomic mass is 19.1. The fourth-order valence-electron chi connectivity index (χ4n) is 2.52. The summed E-state index contributed by atoms with van der Waals surface area (Å²) in [6.07, 6.45) is 1.07. The third-order valence-electron chi connectivity index (χ3n) is 4.13. The van der Waals surface area contributed by atoms with Crippen molar-refractivity contribution in [1.82, 2.24) is 15.4 Å². The summed E-state index contributed by atoms with van der Waals surface area (Å²) in [6, 6.07) is 11.9. The standard InChI is InChI=1S/C20H18FN5O4/c1-12(2)13-5-9-16(10-6-13)30-20-17(26(28)29)18(22-11-23-20)24-25-19(27)14-3-7-15(21)8-4-14/h3-12H,1-2H3,(H,25,27)(H,22,23,24). The minimum atomic E-state index is -0.718. The van der Waals surface area contributed by atoms with E-state index in [0.29, 0.717) is 11.7 Å². The Kier molecular flexibility index (Phi) is 6.16. The zero-order chi connectivity index (χ0) is 21.7. The first-order valence-corrected chi connectivity index (χ1v) is 8.94. The van der Waals surface area contributed by atoms with Crippen molar-refractivity contribution < 1.29 is 18.8 Å². The molecule has 154 valence electrons. The van der Waals surface area contributed by atoms with Crippen LogP contribution in [0.5, 0.6) is 11.6 Å². The highest BCUT2D eigenvalue weighted by Crippen LogP contribution is 2.34. The molecule has 1 heterocycles. The van der Waals surface area contributed by atoms with Gasteiger partial charge in [-0.1, -0.05) is 26.0 Å². The molecule has 0 fully saturated rings. The molecule has 3 rings (SSSR count). The largest absolute Gasteiger partial charge is 0.434 e. The number of carbonyl (C=O) groups is 1. The minimum absolute atomic E-state index is 0.155. The van der Waals surface area contributed by atoms with Gasteiger partial charge in [-0.3, -0.25) is 25.8 Å². The van der Waals surface area contributed by atoms with Gasteiger partial charge in [0, 0.05) is 5.56 Å². The topological polar surface area (TPSA) is 119 Å². The number of nitro groups is 1. The summed E-state index contributed by atoms with van der Waals surface area (Å²) in [5, 5.41) is 11.6. The molecule has 1 amide bonds. The van der Waals surface area contributed by atoms with Crippen LogP contribution in [-0.4, -0.2) is 20.8 Å². The molecule has 0 aliphatic rings. The summed E-state index contributed by atoms with van der Waals surface area (Å²) in [5.74, 6) is -0.982. The SMILES string of the molecule is CC(C)c1ccc(Oc2ncnc(NNC(=O)c3ccc(F)cc3)c2[N+](=O)[O-])cc1. The Bertz CT molecular complexity index is 1060. The number of nitrogens with one attached hydrogen (secondary N) is 2. The van der Waals surface area contributed by atoms with E-state index >= 15 is 0 Å². The summed E-state index contributed by atoms with van der Waals surface area (Å²) >= 11 is 0. The zero-order valence-electron chi connectivity index (χ0n) is 16.1. The van der Waals surface area contributed by atoms with Gasteiger partial charge in [-0.2, -0.15) is 4.98 Å². The van der Waals surface area contributed by atoms with Crippen LogP contribution in [-0.2, 0) is 0 Å². The lowest BCUT2D eigenvalue weighted by Crippen LogP contribution is -2.30. The van der Waals surface area contributed by atoms with Crippen LogP contribution in [0, 0.1) is 15.9 Å². The zero-order valence-corrected chi connectivity index (χ0v) is 16.1. The quantitative estimate of drug-likeness (QED) is 0.442. The third-order valence-corrected chi connectivity index (χ3v) is 4.13. The molecule has 1 aromatic heterocycles. The van der Waals surface area contributed by atoms with Gasteiger partial charge < -0.3 is 4.74 Å². The van der Waals surface area contributed by atoms with E-state index in [1.165, 1.54) is 12.1 Å². The molecule has 0 aliphatic carbocycles. The molecule has 30 heavy (non-hydrogen) atoms. The van der Waals surface area contributed by atoms with Gasteiger partial charge in [-0.25, -0.2) is 9.37 Å². The van der Waals surface area contributed by atoms with Gasteiger partial charge in [0.25, 0.3) is 5.91 Å². The van der Waals surface area contributed by atoms with Gasteiger partial charge in [0.1, 0.15) is 17.9 Å². The number of benzene rings is 2. The molecule has 9 nitrogen and oxygen atoms in total. The predicted molar refractivity (Wildman–Crippen MR) is 107 cm³/mol. The van der Waals surface area contributed by atoms with Crippen molar-refractivity contribution in [1.29, 1.82) is 0 Å². The lowest BCUT2D eigenvalue weighted by Gasteiger charge is -2.11. The van der Waals surface area contributed by atoms with E-state index in [0.717, 1.165) is 24.0 Å². The normalized spacial score (nSPS) is 10.5. The Hall–Kier alpha value is -4.08. The first-order valence-electron chi connectivity index (χ1n) is 8.94. The van der Waals surface area contributed by atoms with Crippen molar-refractivity contribution in [3.8, 4) is 11.6 Å². The van der Waals surface area contributed by atoms with E-state index in [1.54, 1.807) is 12.1 Å². The molecule has 0 radical (unpaired) electrons. The number of hydrogen-bond acceptors (Lipinski definition) is 7. The summed E-state index contributed by atoms with van der Waals surface area (Å²) in [5.41, 5.74) is 5.36. The van der Waals surface area contributed by atoms with Crippen LogP contribution >= 0.6 is 0 Å². The molecule has 0 spiro atoms. The number of halogens is 1. The second-order valence-corrected chi connectivity index (χ2v) is 6.54. The van der Waals surface area contributed by atoms with Crippen molar-refractivity contribution in [3.05, 3.63) is 81.9 Å². The molecular weight excluding hydrogens is 393 g/mol. The van der Waals surface area contributed by atoms with Crippen LogP contribution in [0.3, 0.4) is 0 Å². The molecule has 0 bridgehead atoms. The monoisotopic (exact) mass is 411 g/mol. The van der Waals surface area contributed by atoms with E-state index in [9.17, 15) is 19.3 Å². The van der Waals surface area contributed by atoms with E-state index in [1.807, 2.05) is 26.0 Å². The summed E-state index contributed by atoms with van der Waals surface area (Å²) in [4.78, 5) is 30.6. The van der Waals surface area contributed by atoms with Crippen molar-refractivity contribution in [2.24, 2.45) is 0 Å². The second-order valence-electron chi connectivity index (χ2n) is 6.54. The maximum atomic E-state index is 13.0. The molecule has 0 saturated heterocycles. The highest BCUT2D eigenvalue weighted by Gasteiger charge is 2.25. The van der Waals surface area contributed by atoms with Crippen LogP contribution in [0.4, 0.5) is 15.9 Å². The average molecular weight is 411 g/mol. The number of rotatable bonds is 7. The summed E-state index contributed by atoms with van der Waals surface area (Å²) < 4.78 is 18.5. The van der Waals surface area contributed by atoms with E-state index in [-0.39, 0.29) is 17.3 Å². The maximum absolute atomic E-state index is 13.0. The van der Waals surface area contributed by atoms with Gasteiger partial charge in [-0.15, -0.1) is 0 Å². The molecular formula is C20H18FN5O4. The first-order chi connectivity index (χ1) is 14.3. The van der Waals surface area contributed by atoms with Crippen LogP contribution in [0.1, 0.15) is 35.7 Å². The molecule has 0 unspecified atom stereocenters. The number of anilines is 1. The minimum Gasteiger partial charge on any atom is -0.434 e. The number of ether oxygens (including phenoxy) is 1. The average Bonchev–Trinajstić information content (AvgIpc) is 2.72. The van der Waals surface area contributed by atoms with Crippen LogP contribution in [0.25, 0.3) is 0 Å². The second kappa shape index (κ2) is 8.95. The molecule has 0 saturated carbocycles. The first kappa shape index (κ1) is 20.6. The molecule has 0 aliphatic heterocycles. The van der Waals surface area contributed by atoms with Gasteiger partial charge in [-0.05, 0) is 47.9 Å².